The molecule has 1 aliphatic rings. The molecule has 0 N–H and O–H groups in total. The smallest absolute Gasteiger partial charge is 0.164 e. The van der Waals surface area contributed by atoms with Crippen LogP contribution in [0.4, 0.5) is 0 Å². The second-order valence-electron chi connectivity index (χ2n) is 13.8. The van der Waals surface area contributed by atoms with Crippen LogP contribution in [0.2, 0.25) is 0 Å². The zero-order valence-electron chi connectivity index (χ0n) is 30.0. The molecule has 4 nitrogen and oxygen atoms in total. The van der Waals surface area contributed by atoms with Gasteiger partial charge >= 0.3 is 0 Å². The molecule has 0 amide bonds. The number of rotatable bonds is 7. The zero-order valence-corrected chi connectivity index (χ0v) is 30.0. The molecule has 0 saturated carbocycles. The van der Waals surface area contributed by atoms with Crippen LogP contribution in [-0.4, -0.2) is 19.5 Å². The Morgan fingerprint density at radius 1 is 0.455 bits per heavy atom. The van der Waals surface area contributed by atoms with E-state index in [-0.39, 0.29) is 0 Å². The highest BCUT2D eigenvalue weighted by Gasteiger charge is 2.20. The van der Waals surface area contributed by atoms with E-state index in [4.69, 9.17) is 15.0 Å². The third-order valence-corrected chi connectivity index (χ3v) is 10.4. The number of para-hydroxylation sites is 2. The number of hydrogen-bond donors (Lipinski definition) is 0. The summed E-state index contributed by atoms with van der Waals surface area (Å²) in [6.45, 7) is 0. The van der Waals surface area contributed by atoms with E-state index in [1.54, 1.807) is 0 Å². The van der Waals surface area contributed by atoms with Gasteiger partial charge in [-0.3, -0.25) is 0 Å². The van der Waals surface area contributed by atoms with Gasteiger partial charge in [0.2, 0.25) is 0 Å². The quantitative estimate of drug-likeness (QED) is 0.166. The van der Waals surface area contributed by atoms with Gasteiger partial charge in [-0.05, 0) is 59.9 Å². The molecule has 1 aliphatic carbocycles. The van der Waals surface area contributed by atoms with Crippen LogP contribution in [0, 0.1) is 12.1 Å². The van der Waals surface area contributed by atoms with Crippen LogP contribution in [0.3, 0.4) is 0 Å². The van der Waals surface area contributed by atoms with Crippen molar-refractivity contribution in [3.05, 3.63) is 199 Å². The summed E-state index contributed by atoms with van der Waals surface area (Å²) in [4.78, 5) is 14.9. The van der Waals surface area contributed by atoms with Crippen LogP contribution in [0.15, 0.2) is 176 Å². The Hall–Kier alpha value is -7.35. The highest BCUT2D eigenvalue weighted by molar-refractivity contribution is 5.94. The largest absolute Gasteiger partial charge is 0.312 e. The lowest BCUT2D eigenvalue weighted by molar-refractivity contribution is 0.889. The van der Waals surface area contributed by atoms with Gasteiger partial charge in [-0.15, -0.1) is 0 Å². The molecule has 0 spiro atoms. The summed E-state index contributed by atoms with van der Waals surface area (Å²) in [7, 11) is 0. The minimum absolute atomic E-state index is 0.623. The average molecular weight is 703 g/mol. The SMILES string of the molecule is c1c(-c2ccc(-c3nc(-c4ccccc4)nc(-c4cccc(-c5ccccc5)c4)n3)cc2)ccc(-c2ccccc2-n2c3c(c4ccccc42)C=CCC3)c#1. The topological polar surface area (TPSA) is 43.6 Å². The average Bonchev–Trinajstić information content (AvgIpc) is 3.61. The molecule has 0 atom stereocenters. The number of hydrogen-bond acceptors (Lipinski definition) is 3. The molecule has 4 heteroatoms. The van der Waals surface area contributed by atoms with Crippen LogP contribution >= 0.6 is 0 Å². The summed E-state index contributed by atoms with van der Waals surface area (Å²) in [5.41, 5.74) is 14.3. The van der Waals surface area contributed by atoms with E-state index in [9.17, 15) is 0 Å². The van der Waals surface area contributed by atoms with Gasteiger partial charge in [0.25, 0.3) is 0 Å². The van der Waals surface area contributed by atoms with Gasteiger partial charge in [-0.2, -0.15) is 0 Å². The molecule has 0 aliphatic heterocycles. The summed E-state index contributed by atoms with van der Waals surface area (Å²) < 4.78 is 2.44. The lowest BCUT2D eigenvalue weighted by Gasteiger charge is -2.16. The van der Waals surface area contributed by atoms with E-state index in [1.807, 2.05) is 36.4 Å². The number of benzene rings is 6. The maximum atomic E-state index is 5.01. The summed E-state index contributed by atoms with van der Waals surface area (Å²) >= 11 is 0. The van der Waals surface area contributed by atoms with Crippen molar-refractivity contribution in [2.45, 2.75) is 12.8 Å². The number of fused-ring (bicyclic) bond motifs is 3. The maximum Gasteiger partial charge on any atom is 0.164 e. The molecule has 2 aromatic heterocycles. The normalized spacial score (nSPS) is 12.0. The van der Waals surface area contributed by atoms with Crippen LogP contribution in [0.1, 0.15) is 17.7 Å². The Morgan fingerprint density at radius 2 is 1.04 bits per heavy atom. The molecule has 0 saturated heterocycles. The predicted molar refractivity (Wildman–Crippen MR) is 224 cm³/mol. The first-order valence-electron chi connectivity index (χ1n) is 18.7. The van der Waals surface area contributed by atoms with Crippen molar-refractivity contribution >= 4 is 17.0 Å². The van der Waals surface area contributed by atoms with Gasteiger partial charge in [0.05, 0.1) is 11.2 Å². The number of nitrogens with zero attached hydrogens (tertiary/aromatic N) is 4. The summed E-state index contributed by atoms with van der Waals surface area (Å²) in [6, 6.07) is 65.8. The van der Waals surface area contributed by atoms with Gasteiger partial charge < -0.3 is 4.57 Å². The van der Waals surface area contributed by atoms with Crippen molar-refractivity contribution in [2.24, 2.45) is 0 Å². The summed E-state index contributed by atoms with van der Waals surface area (Å²) in [5.74, 6) is 1.89. The predicted octanol–water partition coefficient (Wildman–Crippen LogP) is 12.4. The zero-order chi connectivity index (χ0) is 36.6. The van der Waals surface area contributed by atoms with Gasteiger partial charge in [0.1, 0.15) is 0 Å². The van der Waals surface area contributed by atoms with Crippen molar-refractivity contribution in [1.82, 2.24) is 19.5 Å². The third-order valence-electron chi connectivity index (χ3n) is 10.4. The monoisotopic (exact) mass is 702 g/mol. The molecule has 258 valence electrons. The van der Waals surface area contributed by atoms with E-state index in [1.165, 1.54) is 22.2 Å². The van der Waals surface area contributed by atoms with Crippen LogP contribution in [-0.2, 0) is 6.42 Å². The minimum atomic E-state index is 0.623. The van der Waals surface area contributed by atoms with Gasteiger partial charge in [-0.25, -0.2) is 15.0 Å². The van der Waals surface area contributed by atoms with Crippen molar-refractivity contribution < 1.29 is 0 Å². The van der Waals surface area contributed by atoms with Crippen LogP contribution < -0.4 is 0 Å². The first-order chi connectivity index (χ1) is 27.3. The van der Waals surface area contributed by atoms with E-state index in [0.717, 1.165) is 68.6 Å². The number of allylic oxidation sites excluding steroid dienone is 1. The molecule has 2 heterocycles. The summed E-state index contributed by atoms with van der Waals surface area (Å²) in [5, 5.41) is 1.29. The molecular formula is C51H34N4. The van der Waals surface area contributed by atoms with Crippen molar-refractivity contribution in [3.63, 3.8) is 0 Å². The van der Waals surface area contributed by atoms with Crippen molar-refractivity contribution in [3.8, 4) is 73.2 Å². The fourth-order valence-electron chi connectivity index (χ4n) is 7.67. The van der Waals surface area contributed by atoms with E-state index < -0.39 is 0 Å². The molecule has 10 rings (SSSR count). The first kappa shape index (κ1) is 32.3. The van der Waals surface area contributed by atoms with Crippen LogP contribution in [0.25, 0.3) is 90.2 Å². The fourth-order valence-corrected chi connectivity index (χ4v) is 7.67. The molecule has 0 radical (unpaired) electrons. The Balaban J connectivity index is 0.981. The van der Waals surface area contributed by atoms with Crippen molar-refractivity contribution in [2.75, 3.05) is 0 Å². The van der Waals surface area contributed by atoms with Crippen LogP contribution in [0.5, 0.6) is 0 Å². The molecule has 7 aromatic carbocycles. The Labute approximate surface area is 320 Å². The Bertz CT molecular complexity index is 2830. The minimum Gasteiger partial charge on any atom is -0.312 e. The Morgan fingerprint density at radius 3 is 1.80 bits per heavy atom. The second-order valence-corrected chi connectivity index (χ2v) is 13.8. The second kappa shape index (κ2) is 13.9. The maximum absolute atomic E-state index is 5.01. The van der Waals surface area contributed by atoms with Gasteiger partial charge in [-0.1, -0.05) is 164 Å². The highest BCUT2D eigenvalue weighted by atomic mass is 15.0. The van der Waals surface area contributed by atoms with Crippen molar-refractivity contribution in [1.29, 1.82) is 0 Å². The molecule has 0 bridgehead atoms. The first-order valence-corrected chi connectivity index (χ1v) is 18.7. The molecular weight excluding hydrogens is 669 g/mol. The number of aromatic nitrogens is 4. The van der Waals surface area contributed by atoms with Gasteiger partial charge in [0, 0.05) is 50.0 Å². The van der Waals surface area contributed by atoms with Gasteiger partial charge in [0.15, 0.2) is 17.5 Å². The standard InChI is InChI=1S/C51H34N4/c1-3-14-35(15-4-1)41-18-13-19-42(34-41)51-53-49(39-16-5-2-6-17-39)52-50(54-51)40-32-28-37(29-33-40)36-26-30-38(31-27-36)43-20-7-10-23-46(43)55-47-24-11-8-21-44(47)45-22-9-12-25-48(45)55/h1-11,13-24,26,28-30,32-34H,12,25H2. The fraction of sp³-hybridized carbons (Fsp3) is 0.0392. The lowest BCUT2D eigenvalue weighted by Crippen LogP contribution is -2.04. The molecule has 55 heavy (non-hydrogen) atoms. The lowest BCUT2D eigenvalue weighted by atomic mass is 10.00. The Kier molecular flexibility index (Phi) is 8.16. The molecule has 9 aromatic rings. The van der Waals surface area contributed by atoms with E-state index >= 15 is 0 Å². The van der Waals surface area contributed by atoms with E-state index in [2.05, 4.69) is 162 Å². The molecule has 0 fully saturated rings. The third kappa shape index (κ3) is 6.08. The highest BCUT2D eigenvalue weighted by Crippen LogP contribution is 2.37. The van der Waals surface area contributed by atoms with E-state index in [0.29, 0.717) is 17.5 Å². The molecule has 0 unspecified atom stereocenters. The summed E-state index contributed by atoms with van der Waals surface area (Å²) in [6.07, 6.45) is 6.63.